The van der Waals surface area contributed by atoms with E-state index >= 15 is 0 Å². The molecule has 0 aliphatic rings. The van der Waals surface area contributed by atoms with Crippen LogP contribution in [-0.4, -0.2) is 6.54 Å². The normalized spacial score (nSPS) is 14.1. The van der Waals surface area contributed by atoms with Crippen LogP contribution in [0.15, 0.2) is 54.6 Å². The first-order valence-electron chi connectivity index (χ1n) is 6.46. The molecule has 0 aromatic heterocycles. The molecule has 0 heterocycles. The van der Waals surface area contributed by atoms with Gasteiger partial charge in [-0.2, -0.15) is 0 Å². The van der Waals surface area contributed by atoms with Crippen LogP contribution in [0.25, 0.3) is 0 Å². The standard InChI is InChI=1S/C16H19ClN2/c1-12(13-7-9-15(17)10-8-13)16(11-19-18)14-5-3-2-4-6-14/h2-10,12,16,19H,11,18H2,1H3. The van der Waals surface area contributed by atoms with Crippen LogP contribution < -0.4 is 11.3 Å². The van der Waals surface area contributed by atoms with Gasteiger partial charge in [-0.3, -0.25) is 11.3 Å². The third kappa shape index (κ3) is 3.57. The summed E-state index contributed by atoms with van der Waals surface area (Å²) in [7, 11) is 0. The monoisotopic (exact) mass is 274 g/mol. The fraction of sp³-hybridized carbons (Fsp3) is 0.250. The summed E-state index contributed by atoms with van der Waals surface area (Å²) in [5.41, 5.74) is 5.37. The van der Waals surface area contributed by atoms with E-state index in [1.165, 1.54) is 11.1 Å². The second kappa shape index (κ2) is 6.71. The van der Waals surface area contributed by atoms with Crippen molar-refractivity contribution in [3.63, 3.8) is 0 Å². The van der Waals surface area contributed by atoms with Crippen molar-refractivity contribution >= 4 is 11.6 Å². The van der Waals surface area contributed by atoms with Crippen LogP contribution in [0.1, 0.15) is 29.9 Å². The molecule has 19 heavy (non-hydrogen) atoms. The molecule has 0 saturated heterocycles. The van der Waals surface area contributed by atoms with Crippen LogP contribution in [0, 0.1) is 0 Å². The number of halogens is 1. The lowest BCUT2D eigenvalue weighted by molar-refractivity contribution is 0.527. The van der Waals surface area contributed by atoms with Gasteiger partial charge in [0.1, 0.15) is 0 Å². The molecular weight excluding hydrogens is 256 g/mol. The van der Waals surface area contributed by atoms with Crippen molar-refractivity contribution in [3.05, 3.63) is 70.7 Å². The van der Waals surface area contributed by atoms with Gasteiger partial charge in [-0.15, -0.1) is 0 Å². The number of hydrazine groups is 1. The van der Waals surface area contributed by atoms with E-state index in [2.05, 4.69) is 48.7 Å². The topological polar surface area (TPSA) is 38.0 Å². The van der Waals surface area contributed by atoms with Gasteiger partial charge in [0.05, 0.1) is 0 Å². The quantitative estimate of drug-likeness (QED) is 0.645. The van der Waals surface area contributed by atoms with Crippen molar-refractivity contribution in [2.45, 2.75) is 18.8 Å². The first-order valence-corrected chi connectivity index (χ1v) is 6.84. The summed E-state index contributed by atoms with van der Waals surface area (Å²) in [6.45, 7) is 2.96. The third-order valence-corrected chi connectivity index (χ3v) is 3.82. The van der Waals surface area contributed by atoms with Gasteiger partial charge >= 0.3 is 0 Å². The van der Waals surface area contributed by atoms with Gasteiger partial charge in [-0.1, -0.05) is 61.0 Å². The second-order valence-electron chi connectivity index (χ2n) is 4.77. The summed E-state index contributed by atoms with van der Waals surface area (Å²) in [6.07, 6.45) is 0. The maximum atomic E-state index is 5.94. The summed E-state index contributed by atoms with van der Waals surface area (Å²) in [5.74, 6) is 6.25. The van der Waals surface area contributed by atoms with Crippen LogP contribution in [0.4, 0.5) is 0 Å². The average molecular weight is 275 g/mol. The highest BCUT2D eigenvalue weighted by molar-refractivity contribution is 6.30. The van der Waals surface area contributed by atoms with Crippen LogP contribution in [0.3, 0.4) is 0 Å². The first-order chi connectivity index (χ1) is 9.22. The molecule has 0 aliphatic heterocycles. The Morgan fingerprint density at radius 1 is 1.00 bits per heavy atom. The Balaban J connectivity index is 2.26. The molecule has 0 fully saturated rings. The summed E-state index contributed by atoms with van der Waals surface area (Å²) in [4.78, 5) is 0. The van der Waals surface area contributed by atoms with Gasteiger partial charge < -0.3 is 0 Å². The predicted octanol–water partition coefficient (Wildman–Crippen LogP) is 3.69. The number of benzene rings is 2. The number of nitrogens with one attached hydrogen (secondary N) is 1. The van der Waals surface area contributed by atoms with E-state index in [-0.39, 0.29) is 0 Å². The highest BCUT2D eigenvalue weighted by Gasteiger charge is 2.20. The van der Waals surface area contributed by atoms with Gasteiger partial charge in [0.15, 0.2) is 0 Å². The molecule has 2 unspecified atom stereocenters. The van der Waals surface area contributed by atoms with Crippen LogP contribution in [0.5, 0.6) is 0 Å². The summed E-state index contributed by atoms with van der Waals surface area (Å²) in [5, 5.41) is 0.768. The minimum atomic E-state index is 0.340. The molecule has 2 rings (SSSR count). The lowest BCUT2D eigenvalue weighted by Crippen LogP contribution is -2.30. The maximum absolute atomic E-state index is 5.94. The van der Waals surface area contributed by atoms with Gasteiger partial charge in [-0.05, 0) is 29.2 Å². The van der Waals surface area contributed by atoms with Crippen LogP contribution in [0.2, 0.25) is 5.02 Å². The van der Waals surface area contributed by atoms with E-state index in [1.54, 1.807) is 0 Å². The van der Waals surface area contributed by atoms with Crippen molar-refractivity contribution in [1.82, 2.24) is 5.43 Å². The molecule has 3 heteroatoms. The second-order valence-corrected chi connectivity index (χ2v) is 5.20. The zero-order chi connectivity index (χ0) is 13.7. The predicted molar refractivity (Wildman–Crippen MR) is 81.2 cm³/mol. The van der Waals surface area contributed by atoms with Gasteiger partial charge in [-0.25, -0.2) is 0 Å². The molecule has 0 saturated carbocycles. The largest absolute Gasteiger partial charge is 0.271 e. The van der Waals surface area contributed by atoms with Gasteiger partial charge in [0.25, 0.3) is 0 Å². The van der Waals surface area contributed by atoms with Crippen molar-refractivity contribution in [1.29, 1.82) is 0 Å². The molecule has 0 bridgehead atoms. The zero-order valence-electron chi connectivity index (χ0n) is 11.0. The van der Waals surface area contributed by atoms with E-state index in [4.69, 9.17) is 17.4 Å². The Bertz CT molecular complexity index is 496. The molecule has 100 valence electrons. The zero-order valence-corrected chi connectivity index (χ0v) is 11.8. The summed E-state index contributed by atoms with van der Waals surface area (Å²) in [6, 6.07) is 18.5. The Hall–Kier alpha value is -1.35. The molecule has 0 amide bonds. The van der Waals surface area contributed by atoms with Gasteiger partial charge in [0.2, 0.25) is 0 Å². The molecule has 0 aliphatic carbocycles. The Morgan fingerprint density at radius 2 is 1.63 bits per heavy atom. The summed E-state index contributed by atoms with van der Waals surface area (Å²) >= 11 is 5.94. The lowest BCUT2D eigenvalue weighted by atomic mass is 9.83. The number of hydrogen-bond donors (Lipinski definition) is 2. The summed E-state index contributed by atoms with van der Waals surface area (Å²) < 4.78 is 0. The van der Waals surface area contributed by atoms with E-state index in [9.17, 15) is 0 Å². The minimum absolute atomic E-state index is 0.340. The Morgan fingerprint density at radius 3 is 2.21 bits per heavy atom. The molecule has 3 N–H and O–H groups in total. The van der Waals surface area contributed by atoms with Crippen LogP contribution in [-0.2, 0) is 0 Å². The molecule has 0 radical (unpaired) electrons. The smallest absolute Gasteiger partial charge is 0.0406 e. The van der Waals surface area contributed by atoms with Gasteiger partial charge in [0, 0.05) is 17.5 Å². The molecule has 2 nitrogen and oxygen atoms in total. The molecule has 0 spiro atoms. The number of rotatable bonds is 5. The highest BCUT2D eigenvalue weighted by atomic mass is 35.5. The maximum Gasteiger partial charge on any atom is 0.0406 e. The Labute approximate surface area is 119 Å². The fourth-order valence-corrected chi connectivity index (χ4v) is 2.54. The highest BCUT2D eigenvalue weighted by Crippen LogP contribution is 2.32. The molecule has 2 aromatic carbocycles. The van der Waals surface area contributed by atoms with E-state index in [1.807, 2.05) is 18.2 Å². The van der Waals surface area contributed by atoms with Crippen molar-refractivity contribution in [2.24, 2.45) is 5.84 Å². The number of nitrogens with two attached hydrogens (primary N) is 1. The van der Waals surface area contributed by atoms with E-state index in [0.717, 1.165) is 11.6 Å². The average Bonchev–Trinajstić information content (AvgIpc) is 2.46. The lowest BCUT2D eigenvalue weighted by Gasteiger charge is -2.24. The number of hydrogen-bond acceptors (Lipinski definition) is 2. The van der Waals surface area contributed by atoms with Crippen molar-refractivity contribution in [3.8, 4) is 0 Å². The van der Waals surface area contributed by atoms with E-state index < -0.39 is 0 Å². The minimum Gasteiger partial charge on any atom is -0.271 e. The van der Waals surface area contributed by atoms with Crippen molar-refractivity contribution < 1.29 is 0 Å². The van der Waals surface area contributed by atoms with E-state index in [0.29, 0.717) is 11.8 Å². The first kappa shape index (κ1) is 14.1. The molecular formula is C16H19ClN2. The molecule has 2 aromatic rings. The van der Waals surface area contributed by atoms with Crippen LogP contribution >= 0.6 is 11.6 Å². The third-order valence-electron chi connectivity index (χ3n) is 3.56. The van der Waals surface area contributed by atoms with Crippen molar-refractivity contribution in [2.75, 3.05) is 6.54 Å². The molecule has 2 atom stereocenters. The Kier molecular flexibility index (Phi) is 4.97. The SMILES string of the molecule is CC(c1ccc(Cl)cc1)C(CNN)c1ccccc1. The fourth-order valence-electron chi connectivity index (χ4n) is 2.41.